The first-order valence-corrected chi connectivity index (χ1v) is 9.52. The summed E-state index contributed by atoms with van der Waals surface area (Å²) in [5, 5.41) is 15.7. The number of nitrogens with zero attached hydrogens (tertiary/aromatic N) is 1. The Hall–Kier alpha value is -3.51. The number of pyridine rings is 1. The average Bonchev–Trinajstić information content (AvgIpc) is 2.74. The minimum Gasteiger partial charge on any atom is -0.375 e. The normalized spacial score (nSPS) is 18.0. The summed E-state index contributed by atoms with van der Waals surface area (Å²) in [6.07, 6.45) is 1.75. The Morgan fingerprint density at radius 1 is 1.17 bits per heavy atom. The van der Waals surface area contributed by atoms with Crippen molar-refractivity contribution in [1.29, 1.82) is 5.41 Å². The SMILES string of the molecule is CNCc1cccc(C2C(=N)c3c(cccc3C(N)=O)NC2c2ccccn2)c1. The van der Waals surface area contributed by atoms with Crippen LogP contribution >= 0.6 is 0 Å². The number of amides is 1. The van der Waals surface area contributed by atoms with Crippen LogP contribution in [0.25, 0.3) is 0 Å². The number of primary amides is 1. The maximum atomic E-state index is 12.0. The molecule has 3 aromatic rings. The molecule has 4 rings (SSSR count). The second-order valence-corrected chi connectivity index (χ2v) is 7.14. The molecular weight excluding hydrogens is 362 g/mol. The number of nitrogens with two attached hydrogens (primary N) is 1. The quantitative estimate of drug-likeness (QED) is 0.541. The first-order valence-electron chi connectivity index (χ1n) is 9.52. The molecular formula is C23H23N5O. The van der Waals surface area contributed by atoms with E-state index in [-0.39, 0.29) is 12.0 Å². The van der Waals surface area contributed by atoms with Crippen molar-refractivity contribution in [2.45, 2.75) is 18.5 Å². The van der Waals surface area contributed by atoms with Crippen molar-refractivity contribution < 1.29 is 4.79 Å². The third-order valence-corrected chi connectivity index (χ3v) is 5.25. The monoisotopic (exact) mass is 385 g/mol. The van der Waals surface area contributed by atoms with Crippen molar-refractivity contribution in [2.75, 3.05) is 12.4 Å². The molecule has 0 radical (unpaired) electrons. The number of aromatic nitrogens is 1. The van der Waals surface area contributed by atoms with Crippen LogP contribution in [0.1, 0.15) is 44.7 Å². The van der Waals surface area contributed by atoms with Gasteiger partial charge < -0.3 is 21.8 Å². The van der Waals surface area contributed by atoms with Crippen LogP contribution in [0.5, 0.6) is 0 Å². The highest BCUT2D eigenvalue weighted by atomic mass is 16.1. The fourth-order valence-corrected chi connectivity index (χ4v) is 4.01. The van der Waals surface area contributed by atoms with Gasteiger partial charge in [-0.15, -0.1) is 0 Å². The Kier molecular flexibility index (Phi) is 5.10. The molecule has 1 amide bonds. The highest BCUT2D eigenvalue weighted by Crippen LogP contribution is 2.43. The predicted octanol–water partition coefficient (Wildman–Crippen LogP) is 3.22. The number of hydrogen-bond acceptors (Lipinski definition) is 5. The van der Waals surface area contributed by atoms with E-state index in [1.807, 2.05) is 43.4 Å². The Morgan fingerprint density at radius 2 is 2.00 bits per heavy atom. The summed E-state index contributed by atoms with van der Waals surface area (Å²) < 4.78 is 0. The fourth-order valence-electron chi connectivity index (χ4n) is 4.01. The van der Waals surface area contributed by atoms with Crippen molar-refractivity contribution in [3.05, 3.63) is 94.8 Å². The Balaban J connectivity index is 1.89. The predicted molar refractivity (Wildman–Crippen MR) is 114 cm³/mol. The average molecular weight is 385 g/mol. The van der Waals surface area contributed by atoms with Gasteiger partial charge in [0.25, 0.3) is 0 Å². The van der Waals surface area contributed by atoms with Crippen LogP contribution in [-0.2, 0) is 6.54 Å². The first kappa shape index (κ1) is 18.8. The lowest BCUT2D eigenvalue weighted by atomic mass is 9.77. The van der Waals surface area contributed by atoms with E-state index >= 15 is 0 Å². The van der Waals surface area contributed by atoms with Gasteiger partial charge in [-0.05, 0) is 42.4 Å². The molecule has 29 heavy (non-hydrogen) atoms. The smallest absolute Gasteiger partial charge is 0.249 e. The van der Waals surface area contributed by atoms with E-state index in [0.717, 1.165) is 29.1 Å². The van der Waals surface area contributed by atoms with Crippen LogP contribution < -0.4 is 16.4 Å². The third kappa shape index (κ3) is 3.50. The summed E-state index contributed by atoms with van der Waals surface area (Å²) in [5.74, 6) is -0.845. The number of carbonyl (C=O) groups excluding carboxylic acids is 1. The molecule has 0 fully saturated rings. The van der Waals surface area contributed by atoms with E-state index in [1.165, 1.54) is 0 Å². The van der Waals surface area contributed by atoms with Gasteiger partial charge in [0.15, 0.2) is 0 Å². The first-order chi connectivity index (χ1) is 14.1. The molecule has 2 heterocycles. The van der Waals surface area contributed by atoms with Gasteiger partial charge in [0, 0.05) is 24.0 Å². The third-order valence-electron chi connectivity index (χ3n) is 5.25. The summed E-state index contributed by atoms with van der Waals surface area (Å²) in [6, 6.07) is 19.0. The second kappa shape index (κ2) is 7.85. The van der Waals surface area contributed by atoms with E-state index in [9.17, 15) is 4.79 Å². The zero-order valence-electron chi connectivity index (χ0n) is 16.1. The standard InChI is InChI=1S/C23H23N5O/c1-26-13-14-6-4-7-15(12-14)19-21(24)20-16(23(25)29)8-5-10-17(20)28-22(19)18-9-2-3-11-27-18/h2-12,19,22,24,26,28H,13H2,1H3,(H2,25,29). The zero-order chi connectivity index (χ0) is 20.4. The van der Waals surface area contributed by atoms with E-state index in [0.29, 0.717) is 16.8 Å². The summed E-state index contributed by atoms with van der Waals surface area (Å²) in [4.78, 5) is 16.6. The molecule has 0 aliphatic carbocycles. The van der Waals surface area contributed by atoms with Gasteiger partial charge in [0.05, 0.1) is 28.9 Å². The summed E-state index contributed by atoms with van der Waals surface area (Å²) in [5.41, 5.74) is 10.6. The van der Waals surface area contributed by atoms with E-state index < -0.39 is 5.91 Å². The molecule has 0 spiro atoms. The summed E-state index contributed by atoms with van der Waals surface area (Å²) in [6.45, 7) is 0.735. The number of nitrogens with one attached hydrogen (secondary N) is 3. The van der Waals surface area contributed by atoms with Gasteiger partial charge in [-0.1, -0.05) is 36.4 Å². The highest BCUT2D eigenvalue weighted by molar-refractivity contribution is 6.16. The van der Waals surface area contributed by atoms with Crippen LogP contribution in [0, 0.1) is 5.41 Å². The lowest BCUT2D eigenvalue weighted by molar-refractivity contribution is 0.1000. The van der Waals surface area contributed by atoms with Gasteiger partial charge in [-0.25, -0.2) is 0 Å². The molecule has 1 aromatic heterocycles. The molecule has 2 atom stereocenters. The Morgan fingerprint density at radius 3 is 2.72 bits per heavy atom. The summed E-state index contributed by atoms with van der Waals surface area (Å²) >= 11 is 0. The van der Waals surface area contributed by atoms with Crippen LogP contribution in [0.4, 0.5) is 5.69 Å². The Bertz CT molecular complexity index is 1060. The number of anilines is 1. The second-order valence-electron chi connectivity index (χ2n) is 7.14. The van der Waals surface area contributed by atoms with Crippen LogP contribution in [0.15, 0.2) is 66.9 Å². The van der Waals surface area contributed by atoms with Crippen LogP contribution in [-0.4, -0.2) is 23.7 Å². The van der Waals surface area contributed by atoms with Gasteiger partial charge in [0.1, 0.15) is 0 Å². The number of fused-ring (bicyclic) bond motifs is 1. The lowest BCUT2D eigenvalue weighted by Gasteiger charge is -2.36. The van der Waals surface area contributed by atoms with Crippen molar-refractivity contribution in [2.24, 2.45) is 5.73 Å². The number of hydrogen-bond donors (Lipinski definition) is 4. The zero-order valence-corrected chi connectivity index (χ0v) is 16.1. The number of carbonyl (C=O) groups is 1. The molecule has 2 aromatic carbocycles. The van der Waals surface area contributed by atoms with Crippen molar-refractivity contribution in [3.8, 4) is 0 Å². The molecule has 5 N–H and O–H groups in total. The van der Waals surface area contributed by atoms with Gasteiger partial charge >= 0.3 is 0 Å². The topological polar surface area (TPSA) is 104 Å². The maximum Gasteiger partial charge on any atom is 0.249 e. The molecule has 0 saturated heterocycles. The number of rotatable bonds is 5. The summed E-state index contributed by atoms with van der Waals surface area (Å²) in [7, 11) is 1.91. The fraction of sp³-hybridized carbons (Fsp3) is 0.174. The molecule has 6 heteroatoms. The van der Waals surface area contributed by atoms with Gasteiger partial charge in [0.2, 0.25) is 5.91 Å². The molecule has 6 nitrogen and oxygen atoms in total. The number of benzene rings is 2. The molecule has 1 aliphatic rings. The molecule has 2 unspecified atom stereocenters. The minimum atomic E-state index is -0.535. The van der Waals surface area contributed by atoms with Crippen molar-refractivity contribution in [1.82, 2.24) is 10.3 Å². The molecule has 1 aliphatic heterocycles. The van der Waals surface area contributed by atoms with E-state index in [1.54, 1.807) is 18.3 Å². The van der Waals surface area contributed by atoms with Crippen molar-refractivity contribution >= 4 is 17.3 Å². The van der Waals surface area contributed by atoms with Gasteiger partial charge in [-0.3, -0.25) is 9.78 Å². The van der Waals surface area contributed by atoms with Crippen LogP contribution in [0.2, 0.25) is 0 Å². The molecule has 146 valence electrons. The van der Waals surface area contributed by atoms with E-state index in [4.69, 9.17) is 11.1 Å². The maximum absolute atomic E-state index is 12.0. The molecule has 0 saturated carbocycles. The van der Waals surface area contributed by atoms with E-state index in [2.05, 4.69) is 27.8 Å². The minimum absolute atomic E-state index is 0.232. The van der Waals surface area contributed by atoms with Crippen LogP contribution in [0.3, 0.4) is 0 Å². The van der Waals surface area contributed by atoms with Gasteiger partial charge in [-0.2, -0.15) is 0 Å². The van der Waals surface area contributed by atoms with Crippen molar-refractivity contribution in [3.63, 3.8) is 0 Å². The lowest BCUT2D eigenvalue weighted by Crippen LogP contribution is -2.34. The highest BCUT2D eigenvalue weighted by Gasteiger charge is 2.37. The molecule has 0 bridgehead atoms. The Labute approximate surface area is 169 Å². The largest absolute Gasteiger partial charge is 0.375 e.